The van der Waals surface area contributed by atoms with E-state index >= 15 is 0 Å². The molecule has 1 atom stereocenters. The number of carbonyl (C=O) groups excluding carboxylic acids is 1. The quantitative estimate of drug-likeness (QED) is 0.755. The van der Waals surface area contributed by atoms with E-state index < -0.39 is 0 Å². The van der Waals surface area contributed by atoms with Gasteiger partial charge >= 0.3 is 0 Å². The van der Waals surface area contributed by atoms with Crippen LogP contribution in [0.2, 0.25) is 0 Å². The molecule has 0 aliphatic rings. The molecule has 0 fully saturated rings. The summed E-state index contributed by atoms with van der Waals surface area (Å²) in [4.78, 5) is 15.7. The van der Waals surface area contributed by atoms with E-state index in [1.54, 1.807) is 18.5 Å². The summed E-state index contributed by atoms with van der Waals surface area (Å²) < 4.78 is 0. The van der Waals surface area contributed by atoms with Crippen molar-refractivity contribution < 1.29 is 4.79 Å². The maximum Gasteiger partial charge on any atom is 0.137 e. The number of hydrogen-bond acceptors (Lipinski definition) is 4. The number of nitrogens with two attached hydrogens (primary N) is 2. The van der Waals surface area contributed by atoms with Gasteiger partial charge in [0.05, 0.1) is 0 Å². The maximum absolute atomic E-state index is 11.8. The Bertz CT molecular complexity index is 348. The zero-order chi connectivity index (χ0) is 12.0. The number of carbonyl (C=O) groups is 1. The Morgan fingerprint density at radius 3 is 2.88 bits per heavy atom. The molecule has 1 rings (SSSR count). The SMILES string of the molecule is CCC(CN)CC(=O)Cc1cnccc1N. The predicted molar refractivity (Wildman–Crippen MR) is 64.8 cm³/mol. The van der Waals surface area contributed by atoms with Gasteiger partial charge in [-0.2, -0.15) is 0 Å². The van der Waals surface area contributed by atoms with Gasteiger partial charge in [0.25, 0.3) is 0 Å². The molecule has 0 aliphatic heterocycles. The molecule has 4 N–H and O–H groups in total. The minimum atomic E-state index is 0.178. The first kappa shape index (κ1) is 12.6. The number of rotatable bonds is 6. The molecule has 0 aromatic carbocycles. The summed E-state index contributed by atoms with van der Waals surface area (Å²) in [6, 6.07) is 1.71. The summed E-state index contributed by atoms with van der Waals surface area (Å²) in [6.45, 7) is 2.61. The first-order chi connectivity index (χ1) is 7.67. The molecule has 0 amide bonds. The van der Waals surface area contributed by atoms with Gasteiger partial charge in [0, 0.05) is 36.5 Å². The molecule has 0 bridgehead atoms. The molecule has 0 saturated carbocycles. The smallest absolute Gasteiger partial charge is 0.137 e. The van der Waals surface area contributed by atoms with Crippen LogP contribution >= 0.6 is 0 Å². The number of anilines is 1. The summed E-state index contributed by atoms with van der Waals surface area (Å²) in [5, 5.41) is 0. The summed E-state index contributed by atoms with van der Waals surface area (Å²) >= 11 is 0. The molecule has 1 aromatic heterocycles. The first-order valence-electron chi connectivity index (χ1n) is 5.57. The van der Waals surface area contributed by atoms with Crippen molar-refractivity contribution in [3.63, 3.8) is 0 Å². The Kier molecular flexibility index (Phi) is 4.92. The normalized spacial score (nSPS) is 12.4. The van der Waals surface area contributed by atoms with Gasteiger partial charge in [0.2, 0.25) is 0 Å². The van der Waals surface area contributed by atoms with Crippen molar-refractivity contribution in [2.24, 2.45) is 11.7 Å². The standard InChI is InChI=1S/C12H19N3O/c1-2-9(7-13)5-11(16)6-10-8-15-4-3-12(10)14/h3-4,8-9H,2,5-7,13H2,1H3,(H2,14,15). The predicted octanol–water partition coefficient (Wildman–Crippen LogP) is 1.15. The minimum absolute atomic E-state index is 0.178. The zero-order valence-corrected chi connectivity index (χ0v) is 9.65. The molecule has 1 heterocycles. The van der Waals surface area contributed by atoms with Crippen molar-refractivity contribution in [1.82, 2.24) is 4.98 Å². The van der Waals surface area contributed by atoms with Crippen LogP contribution in [0.4, 0.5) is 5.69 Å². The van der Waals surface area contributed by atoms with Crippen molar-refractivity contribution in [1.29, 1.82) is 0 Å². The molecule has 0 radical (unpaired) electrons. The van der Waals surface area contributed by atoms with E-state index in [4.69, 9.17) is 11.5 Å². The van der Waals surface area contributed by atoms with E-state index in [0.717, 1.165) is 12.0 Å². The van der Waals surface area contributed by atoms with Gasteiger partial charge in [0.15, 0.2) is 0 Å². The molecule has 16 heavy (non-hydrogen) atoms. The van der Waals surface area contributed by atoms with Crippen molar-refractivity contribution in [3.8, 4) is 0 Å². The monoisotopic (exact) mass is 221 g/mol. The van der Waals surface area contributed by atoms with Crippen LogP contribution in [0.5, 0.6) is 0 Å². The number of ketones is 1. The number of Topliss-reactive ketones (excluding diaryl/α,β-unsaturated/α-hetero) is 1. The van der Waals surface area contributed by atoms with Crippen LogP contribution in [-0.2, 0) is 11.2 Å². The molecule has 1 unspecified atom stereocenters. The van der Waals surface area contributed by atoms with Crippen LogP contribution in [0, 0.1) is 5.92 Å². The summed E-state index contributed by atoms with van der Waals surface area (Å²) in [5.41, 5.74) is 12.7. The lowest BCUT2D eigenvalue weighted by Gasteiger charge is -2.11. The van der Waals surface area contributed by atoms with Crippen LogP contribution in [0.25, 0.3) is 0 Å². The second kappa shape index (κ2) is 6.23. The minimum Gasteiger partial charge on any atom is -0.398 e. The number of pyridine rings is 1. The average molecular weight is 221 g/mol. The highest BCUT2D eigenvalue weighted by Crippen LogP contribution is 2.13. The Hall–Kier alpha value is -1.42. The van der Waals surface area contributed by atoms with Gasteiger partial charge < -0.3 is 11.5 Å². The van der Waals surface area contributed by atoms with Crippen LogP contribution in [0.15, 0.2) is 18.5 Å². The topological polar surface area (TPSA) is 82.0 Å². The van der Waals surface area contributed by atoms with Gasteiger partial charge in [-0.1, -0.05) is 13.3 Å². The fourth-order valence-electron chi connectivity index (χ4n) is 1.59. The lowest BCUT2D eigenvalue weighted by atomic mass is 9.96. The third-order valence-corrected chi connectivity index (χ3v) is 2.76. The zero-order valence-electron chi connectivity index (χ0n) is 9.65. The Morgan fingerprint density at radius 1 is 1.56 bits per heavy atom. The Morgan fingerprint density at radius 2 is 2.31 bits per heavy atom. The Labute approximate surface area is 96.0 Å². The van der Waals surface area contributed by atoms with Crippen LogP contribution in [0.1, 0.15) is 25.3 Å². The summed E-state index contributed by atoms with van der Waals surface area (Å²) in [5.74, 6) is 0.461. The molecule has 1 aromatic rings. The molecule has 88 valence electrons. The molecule has 4 heteroatoms. The van der Waals surface area contributed by atoms with Gasteiger partial charge in [-0.25, -0.2) is 0 Å². The summed E-state index contributed by atoms with van der Waals surface area (Å²) in [7, 11) is 0. The van der Waals surface area contributed by atoms with Crippen molar-refractivity contribution in [2.75, 3.05) is 12.3 Å². The van der Waals surface area contributed by atoms with Gasteiger partial charge in [0.1, 0.15) is 5.78 Å². The van der Waals surface area contributed by atoms with E-state index in [0.29, 0.717) is 25.1 Å². The molecule has 0 spiro atoms. The fourth-order valence-corrected chi connectivity index (χ4v) is 1.59. The van der Waals surface area contributed by atoms with Crippen molar-refractivity contribution >= 4 is 11.5 Å². The largest absolute Gasteiger partial charge is 0.398 e. The van der Waals surface area contributed by atoms with Crippen molar-refractivity contribution in [3.05, 3.63) is 24.0 Å². The van der Waals surface area contributed by atoms with E-state index in [2.05, 4.69) is 4.98 Å². The van der Waals surface area contributed by atoms with Crippen LogP contribution in [0.3, 0.4) is 0 Å². The van der Waals surface area contributed by atoms with Crippen LogP contribution < -0.4 is 11.5 Å². The van der Waals surface area contributed by atoms with Gasteiger partial charge in [-0.05, 0) is 18.5 Å². The van der Waals surface area contributed by atoms with Crippen molar-refractivity contribution in [2.45, 2.75) is 26.2 Å². The first-order valence-corrected chi connectivity index (χ1v) is 5.57. The molecular weight excluding hydrogens is 202 g/mol. The third-order valence-electron chi connectivity index (χ3n) is 2.76. The highest BCUT2D eigenvalue weighted by atomic mass is 16.1. The second-order valence-electron chi connectivity index (χ2n) is 4.00. The lowest BCUT2D eigenvalue weighted by molar-refractivity contribution is -0.119. The number of aromatic nitrogens is 1. The number of nitrogens with zero attached hydrogens (tertiary/aromatic N) is 1. The average Bonchev–Trinajstić information content (AvgIpc) is 2.29. The summed E-state index contributed by atoms with van der Waals surface area (Å²) in [6.07, 6.45) is 5.09. The molecule has 0 saturated heterocycles. The van der Waals surface area contributed by atoms with E-state index in [1.165, 1.54) is 0 Å². The second-order valence-corrected chi connectivity index (χ2v) is 4.00. The number of hydrogen-bond donors (Lipinski definition) is 2. The molecule has 0 aliphatic carbocycles. The fraction of sp³-hybridized carbons (Fsp3) is 0.500. The van der Waals surface area contributed by atoms with E-state index in [9.17, 15) is 4.79 Å². The highest BCUT2D eigenvalue weighted by Gasteiger charge is 2.12. The van der Waals surface area contributed by atoms with E-state index in [-0.39, 0.29) is 11.7 Å². The maximum atomic E-state index is 11.8. The Balaban J connectivity index is 2.55. The molecular formula is C12H19N3O. The third kappa shape index (κ3) is 3.62. The van der Waals surface area contributed by atoms with Gasteiger partial charge in [-0.3, -0.25) is 9.78 Å². The lowest BCUT2D eigenvalue weighted by Crippen LogP contribution is -2.18. The van der Waals surface area contributed by atoms with Crippen LogP contribution in [-0.4, -0.2) is 17.3 Å². The number of nitrogen functional groups attached to an aromatic ring is 1. The van der Waals surface area contributed by atoms with E-state index in [1.807, 2.05) is 6.92 Å². The molecule has 4 nitrogen and oxygen atoms in total. The highest BCUT2D eigenvalue weighted by molar-refractivity contribution is 5.82. The van der Waals surface area contributed by atoms with Gasteiger partial charge in [-0.15, -0.1) is 0 Å².